The smallest absolute Gasteiger partial charge is 0.346 e. The molecular weight excluding hydrogens is 374 g/mol. The van der Waals surface area contributed by atoms with Crippen molar-refractivity contribution in [2.45, 2.75) is 12.6 Å². The molecule has 0 amide bonds. The van der Waals surface area contributed by atoms with Crippen molar-refractivity contribution in [2.24, 2.45) is 0 Å². The minimum atomic E-state index is -4.47. The number of aromatic nitrogens is 5. The Hall–Kier alpha value is -3.36. The average Bonchev–Trinajstić information content (AvgIpc) is 3.05. The van der Waals surface area contributed by atoms with Crippen molar-refractivity contribution in [3.8, 4) is 0 Å². The normalized spacial score (nSPS) is 11.9. The number of halogens is 4. The molecule has 0 aromatic carbocycles. The van der Waals surface area contributed by atoms with E-state index in [1.807, 2.05) is 0 Å². The van der Waals surface area contributed by atoms with Gasteiger partial charge in [0.2, 0.25) is 0 Å². The lowest BCUT2D eigenvalue weighted by atomic mass is 10.1. The molecule has 0 unspecified atom stereocenters. The highest BCUT2D eigenvalue weighted by Gasteiger charge is 2.32. The van der Waals surface area contributed by atoms with E-state index in [0.29, 0.717) is 28.8 Å². The van der Waals surface area contributed by atoms with E-state index in [1.54, 1.807) is 18.6 Å². The molecule has 28 heavy (non-hydrogen) atoms. The second kappa shape index (κ2) is 6.99. The standard InChI is InChI=1S/C19H12F4N5/c20-14-5-15-13(9-27-18(15)28-10-14)3-12-7-25-17(26-8-12)4-11-1-2-16(24-6-11)19(21,22)23/h1-2,4-10H,3H2,(H,27,28). The lowest BCUT2D eigenvalue weighted by molar-refractivity contribution is -0.141. The molecule has 0 saturated heterocycles. The van der Waals surface area contributed by atoms with Crippen molar-refractivity contribution in [3.05, 3.63) is 89.6 Å². The zero-order valence-electron chi connectivity index (χ0n) is 14.2. The Morgan fingerprint density at radius 3 is 2.43 bits per heavy atom. The summed E-state index contributed by atoms with van der Waals surface area (Å²) < 4.78 is 51.0. The Balaban J connectivity index is 1.47. The zero-order chi connectivity index (χ0) is 19.7. The van der Waals surface area contributed by atoms with Crippen molar-refractivity contribution < 1.29 is 17.6 Å². The van der Waals surface area contributed by atoms with E-state index in [1.165, 1.54) is 18.6 Å². The molecule has 4 aromatic heterocycles. The Labute approximate surface area is 156 Å². The van der Waals surface area contributed by atoms with Gasteiger partial charge in [-0.3, -0.25) is 4.98 Å². The zero-order valence-corrected chi connectivity index (χ0v) is 14.2. The molecule has 0 spiro atoms. The molecule has 1 N–H and O–H groups in total. The molecule has 0 aliphatic rings. The van der Waals surface area contributed by atoms with Crippen LogP contribution in [0.5, 0.6) is 0 Å². The molecule has 1 radical (unpaired) electrons. The summed E-state index contributed by atoms with van der Waals surface area (Å²) in [6, 6.07) is 3.62. The summed E-state index contributed by atoms with van der Waals surface area (Å²) in [7, 11) is 0. The Morgan fingerprint density at radius 1 is 0.964 bits per heavy atom. The van der Waals surface area contributed by atoms with Crippen molar-refractivity contribution >= 4 is 11.0 Å². The van der Waals surface area contributed by atoms with Gasteiger partial charge in [-0.2, -0.15) is 13.2 Å². The molecular formula is C19H12F4N5. The number of hydrogen-bond acceptors (Lipinski definition) is 4. The number of rotatable bonds is 4. The second-order valence-corrected chi connectivity index (χ2v) is 6.11. The fourth-order valence-corrected chi connectivity index (χ4v) is 2.74. The minimum Gasteiger partial charge on any atom is -0.346 e. The number of H-pyrrole nitrogens is 1. The van der Waals surface area contributed by atoms with Crippen LogP contribution in [-0.4, -0.2) is 24.9 Å². The van der Waals surface area contributed by atoms with Crippen molar-refractivity contribution in [1.29, 1.82) is 0 Å². The highest BCUT2D eigenvalue weighted by Crippen LogP contribution is 2.27. The summed E-state index contributed by atoms with van der Waals surface area (Å²) in [5, 5.41) is 0.687. The third kappa shape index (κ3) is 3.83. The molecule has 0 fully saturated rings. The quantitative estimate of drug-likeness (QED) is 0.537. The van der Waals surface area contributed by atoms with Gasteiger partial charge in [0, 0.05) is 36.6 Å². The molecule has 0 atom stereocenters. The Morgan fingerprint density at radius 2 is 1.75 bits per heavy atom. The second-order valence-electron chi connectivity index (χ2n) is 6.11. The van der Waals surface area contributed by atoms with E-state index in [-0.39, 0.29) is 0 Å². The maximum Gasteiger partial charge on any atom is 0.433 e. The van der Waals surface area contributed by atoms with E-state index >= 15 is 0 Å². The van der Waals surface area contributed by atoms with Crippen LogP contribution in [0.1, 0.15) is 28.2 Å². The summed E-state index contributed by atoms with van der Waals surface area (Å²) >= 11 is 0. The van der Waals surface area contributed by atoms with Gasteiger partial charge in [-0.25, -0.2) is 19.3 Å². The lowest BCUT2D eigenvalue weighted by Gasteiger charge is -2.06. The number of pyridine rings is 2. The number of nitrogens with zero attached hydrogens (tertiary/aromatic N) is 4. The van der Waals surface area contributed by atoms with E-state index in [9.17, 15) is 17.6 Å². The van der Waals surface area contributed by atoms with Crippen LogP contribution < -0.4 is 0 Å². The monoisotopic (exact) mass is 386 g/mol. The van der Waals surface area contributed by atoms with Crippen molar-refractivity contribution in [2.75, 3.05) is 0 Å². The van der Waals surface area contributed by atoms with Crippen molar-refractivity contribution in [3.63, 3.8) is 0 Å². The van der Waals surface area contributed by atoms with Crippen LogP contribution in [0.3, 0.4) is 0 Å². The Bertz CT molecular complexity index is 1100. The largest absolute Gasteiger partial charge is 0.433 e. The highest BCUT2D eigenvalue weighted by molar-refractivity contribution is 5.79. The molecule has 4 aromatic rings. The predicted molar refractivity (Wildman–Crippen MR) is 92.6 cm³/mol. The lowest BCUT2D eigenvalue weighted by Crippen LogP contribution is -2.07. The minimum absolute atomic E-state index is 0.344. The van der Waals surface area contributed by atoms with Crippen LogP contribution in [0, 0.1) is 12.2 Å². The van der Waals surface area contributed by atoms with Crippen LogP contribution in [0.2, 0.25) is 0 Å². The third-order valence-electron chi connectivity index (χ3n) is 4.08. The number of hydrogen-bond donors (Lipinski definition) is 1. The van der Waals surface area contributed by atoms with Gasteiger partial charge in [-0.05, 0) is 28.8 Å². The topological polar surface area (TPSA) is 67.3 Å². The molecule has 4 rings (SSSR count). The van der Waals surface area contributed by atoms with Gasteiger partial charge in [-0.1, -0.05) is 6.07 Å². The number of fused-ring (bicyclic) bond motifs is 1. The predicted octanol–water partition coefficient (Wildman–Crippen LogP) is 4.10. The fraction of sp³-hybridized carbons (Fsp3) is 0.105. The summed E-state index contributed by atoms with van der Waals surface area (Å²) in [4.78, 5) is 18.8. The SMILES string of the molecule is Fc1cnc2[nH]cc(Cc3cnc([CH]c4ccc(C(F)(F)F)nc4)nc3)c2c1. The highest BCUT2D eigenvalue weighted by atomic mass is 19.4. The number of alkyl halides is 3. The summed E-state index contributed by atoms with van der Waals surface area (Å²) in [5.41, 5.74) is 1.75. The van der Waals surface area contributed by atoms with Crippen LogP contribution in [0.4, 0.5) is 17.6 Å². The summed E-state index contributed by atoms with van der Waals surface area (Å²) in [6.45, 7) is 0. The van der Waals surface area contributed by atoms with E-state index in [4.69, 9.17) is 0 Å². The number of aromatic amines is 1. The van der Waals surface area contributed by atoms with Crippen LogP contribution in [0.15, 0.2) is 49.2 Å². The van der Waals surface area contributed by atoms with Crippen LogP contribution in [-0.2, 0) is 12.6 Å². The van der Waals surface area contributed by atoms with Gasteiger partial charge in [0.05, 0.1) is 12.6 Å². The maximum atomic E-state index is 13.4. The van der Waals surface area contributed by atoms with Gasteiger partial charge < -0.3 is 4.98 Å². The van der Waals surface area contributed by atoms with Gasteiger partial charge in [0.1, 0.15) is 23.0 Å². The van der Waals surface area contributed by atoms with Crippen LogP contribution in [0.25, 0.3) is 11.0 Å². The van der Waals surface area contributed by atoms with E-state index in [0.717, 1.165) is 29.6 Å². The third-order valence-corrected chi connectivity index (χ3v) is 4.08. The molecule has 5 nitrogen and oxygen atoms in total. The molecule has 0 aliphatic carbocycles. The van der Waals surface area contributed by atoms with E-state index < -0.39 is 17.7 Å². The molecule has 4 heterocycles. The maximum absolute atomic E-state index is 13.4. The molecule has 9 heteroatoms. The molecule has 141 valence electrons. The molecule has 0 saturated carbocycles. The summed E-state index contributed by atoms with van der Waals surface area (Å²) in [6.07, 6.45) is 4.78. The molecule has 0 aliphatic heterocycles. The average molecular weight is 386 g/mol. The van der Waals surface area contributed by atoms with Crippen molar-refractivity contribution in [1.82, 2.24) is 24.9 Å². The van der Waals surface area contributed by atoms with Gasteiger partial charge in [0.15, 0.2) is 0 Å². The molecule has 0 bridgehead atoms. The summed E-state index contributed by atoms with van der Waals surface area (Å²) in [5.74, 6) is -0.0726. The first-order valence-corrected chi connectivity index (χ1v) is 8.19. The van der Waals surface area contributed by atoms with E-state index in [2.05, 4.69) is 24.9 Å². The van der Waals surface area contributed by atoms with Gasteiger partial charge in [0.25, 0.3) is 0 Å². The Kier molecular flexibility index (Phi) is 4.50. The first kappa shape index (κ1) is 18.0. The van der Waals surface area contributed by atoms with Crippen LogP contribution >= 0.6 is 0 Å². The van der Waals surface area contributed by atoms with Gasteiger partial charge >= 0.3 is 6.18 Å². The first-order valence-electron chi connectivity index (χ1n) is 8.19. The number of nitrogens with one attached hydrogen (secondary N) is 1. The first-order chi connectivity index (χ1) is 13.4. The van der Waals surface area contributed by atoms with Gasteiger partial charge in [-0.15, -0.1) is 0 Å². The fourth-order valence-electron chi connectivity index (χ4n) is 2.74.